The van der Waals surface area contributed by atoms with E-state index < -0.39 is 6.17 Å². The monoisotopic (exact) mass is 448 g/mol. The lowest BCUT2D eigenvalue weighted by Gasteiger charge is -2.24. The van der Waals surface area contributed by atoms with E-state index in [1.807, 2.05) is 42.2 Å². The summed E-state index contributed by atoms with van der Waals surface area (Å²) in [6.07, 6.45) is 1.42. The minimum absolute atomic E-state index is 0.229. The van der Waals surface area contributed by atoms with E-state index in [0.29, 0.717) is 61.7 Å². The van der Waals surface area contributed by atoms with Crippen LogP contribution in [0.2, 0.25) is 0 Å². The van der Waals surface area contributed by atoms with Crippen LogP contribution in [-0.4, -0.2) is 68.1 Å². The molecular formula is C23H25FN8O. The number of ether oxygens (including phenoxy) is 1. The van der Waals surface area contributed by atoms with Crippen molar-refractivity contribution < 1.29 is 9.13 Å². The van der Waals surface area contributed by atoms with Crippen LogP contribution in [0.4, 0.5) is 16.3 Å². The van der Waals surface area contributed by atoms with Gasteiger partial charge in [-0.3, -0.25) is 0 Å². The number of halogens is 1. The van der Waals surface area contributed by atoms with Gasteiger partial charge in [0.05, 0.1) is 23.3 Å². The zero-order valence-corrected chi connectivity index (χ0v) is 18.4. The van der Waals surface area contributed by atoms with Crippen molar-refractivity contribution in [1.82, 2.24) is 29.5 Å². The number of hydrogen-bond donors (Lipinski definition) is 1. The van der Waals surface area contributed by atoms with Gasteiger partial charge in [0.15, 0.2) is 5.65 Å². The van der Waals surface area contributed by atoms with Gasteiger partial charge in [0.1, 0.15) is 17.6 Å². The van der Waals surface area contributed by atoms with Gasteiger partial charge in [-0.2, -0.15) is 19.6 Å². The van der Waals surface area contributed by atoms with E-state index in [0.717, 1.165) is 29.6 Å². The van der Waals surface area contributed by atoms with E-state index in [2.05, 4.69) is 5.32 Å². The van der Waals surface area contributed by atoms with Crippen LogP contribution in [0.25, 0.3) is 28.1 Å². The number of fused-ring (bicyclic) bond motifs is 2. The lowest BCUT2D eigenvalue weighted by atomic mass is 10.1. The third-order valence-corrected chi connectivity index (χ3v) is 6.27. The third-order valence-electron chi connectivity index (χ3n) is 6.27. The van der Waals surface area contributed by atoms with E-state index in [9.17, 15) is 4.39 Å². The van der Waals surface area contributed by atoms with Crippen molar-refractivity contribution in [3.63, 3.8) is 0 Å². The summed E-state index contributed by atoms with van der Waals surface area (Å²) in [6, 6.07) is 9.92. The highest BCUT2D eigenvalue weighted by Crippen LogP contribution is 2.27. The fourth-order valence-electron chi connectivity index (χ4n) is 4.48. The predicted octanol–water partition coefficient (Wildman–Crippen LogP) is 3.18. The van der Waals surface area contributed by atoms with Gasteiger partial charge < -0.3 is 15.0 Å². The molecule has 3 aromatic heterocycles. The van der Waals surface area contributed by atoms with E-state index in [-0.39, 0.29) is 6.04 Å². The number of anilines is 2. The molecule has 9 nitrogen and oxygen atoms in total. The number of nitrogens with one attached hydrogen (secondary N) is 1. The largest absolute Gasteiger partial charge is 0.381 e. The number of aryl methyl sites for hydroxylation is 1. The Morgan fingerprint density at radius 1 is 1.03 bits per heavy atom. The molecule has 0 aliphatic carbocycles. The molecule has 1 aromatic carbocycles. The molecule has 10 heteroatoms. The van der Waals surface area contributed by atoms with Crippen LogP contribution in [0.15, 0.2) is 30.3 Å². The standard InChI is InChI=1S/C23H25FN8O/c1-14-21(27-18-5-3-2-4-17(18)25-14)19-12-20-28-22(31-9-6-15(24)13-31)29-23(32(20)30-19)26-16-7-10-33-11-8-16/h2-5,12,15-16H,6-11,13H2,1H3,(H,26,28,29)/t15-/m1/s1. The molecule has 5 heterocycles. The van der Waals surface area contributed by atoms with Crippen molar-refractivity contribution >= 4 is 28.6 Å². The first kappa shape index (κ1) is 20.2. The summed E-state index contributed by atoms with van der Waals surface area (Å²) < 4.78 is 21.1. The second kappa shape index (κ2) is 8.18. The van der Waals surface area contributed by atoms with E-state index in [1.165, 1.54) is 0 Å². The molecule has 0 unspecified atom stereocenters. The third kappa shape index (κ3) is 3.84. The summed E-state index contributed by atoms with van der Waals surface area (Å²) >= 11 is 0. The van der Waals surface area contributed by atoms with Gasteiger partial charge in [-0.1, -0.05) is 12.1 Å². The Balaban J connectivity index is 1.45. The molecule has 4 aromatic rings. The summed E-state index contributed by atoms with van der Waals surface area (Å²) in [6.45, 7) is 4.27. The highest BCUT2D eigenvalue weighted by molar-refractivity contribution is 5.78. The molecule has 2 aliphatic rings. The molecule has 2 fully saturated rings. The molecule has 1 N–H and O–H groups in total. The van der Waals surface area contributed by atoms with Crippen LogP contribution < -0.4 is 10.2 Å². The minimum atomic E-state index is -0.854. The van der Waals surface area contributed by atoms with Crippen LogP contribution in [0.3, 0.4) is 0 Å². The summed E-state index contributed by atoms with van der Waals surface area (Å²) in [5.74, 6) is 1.12. The van der Waals surface area contributed by atoms with E-state index in [1.54, 1.807) is 4.52 Å². The van der Waals surface area contributed by atoms with E-state index in [4.69, 9.17) is 29.8 Å². The Morgan fingerprint density at radius 3 is 2.58 bits per heavy atom. The van der Waals surface area contributed by atoms with Gasteiger partial charge >= 0.3 is 0 Å². The number of nitrogens with zero attached hydrogens (tertiary/aromatic N) is 7. The topological polar surface area (TPSA) is 93.4 Å². The van der Waals surface area contributed by atoms with Crippen LogP contribution in [0, 0.1) is 6.92 Å². The average Bonchev–Trinajstić information content (AvgIpc) is 3.45. The number of hydrogen-bond acceptors (Lipinski definition) is 8. The Bertz CT molecular complexity index is 1320. The van der Waals surface area contributed by atoms with Crippen molar-refractivity contribution in [2.45, 2.75) is 38.4 Å². The van der Waals surface area contributed by atoms with Crippen molar-refractivity contribution in [3.05, 3.63) is 36.0 Å². The Labute approximate surface area is 190 Å². The first-order chi connectivity index (χ1) is 16.1. The molecule has 0 saturated carbocycles. The summed E-state index contributed by atoms with van der Waals surface area (Å²) in [5.41, 5.74) is 4.49. The number of alkyl halides is 1. The molecule has 0 amide bonds. The zero-order valence-electron chi connectivity index (χ0n) is 18.4. The average molecular weight is 449 g/mol. The lowest BCUT2D eigenvalue weighted by molar-refractivity contribution is 0.0902. The summed E-state index contributed by atoms with van der Waals surface area (Å²) in [5, 5.41) is 8.32. The Hall–Kier alpha value is -3.40. The summed E-state index contributed by atoms with van der Waals surface area (Å²) in [4.78, 5) is 20.9. The highest BCUT2D eigenvalue weighted by Gasteiger charge is 2.26. The Morgan fingerprint density at radius 2 is 1.82 bits per heavy atom. The summed E-state index contributed by atoms with van der Waals surface area (Å²) in [7, 11) is 0. The zero-order chi connectivity index (χ0) is 22.4. The number of aromatic nitrogens is 6. The maximum Gasteiger partial charge on any atom is 0.230 e. The van der Waals surface area contributed by atoms with Crippen LogP contribution in [-0.2, 0) is 4.74 Å². The van der Waals surface area contributed by atoms with Crippen LogP contribution in [0.5, 0.6) is 0 Å². The maximum absolute atomic E-state index is 13.9. The molecule has 170 valence electrons. The number of rotatable bonds is 4. The minimum Gasteiger partial charge on any atom is -0.381 e. The first-order valence-corrected chi connectivity index (χ1v) is 11.4. The van der Waals surface area contributed by atoms with Gasteiger partial charge in [0.2, 0.25) is 11.9 Å². The molecule has 0 radical (unpaired) electrons. The van der Waals surface area contributed by atoms with Gasteiger partial charge in [-0.05, 0) is 38.3 Å². The number of para-hydroxylation sites is 2. The second-order valence-corrected chi connectivity index (χ2v) is 8.66. The van der Waals surface area contributed by atoms with Crippen molar-refractivity contribution in [3.8, 4) is 11.4 Å². The fourth-order valence-corrected chi connectivity index (χ4v) is 4.48. The Kier molecular flexibility index (Phi) is 5.01. The quantitative estimate of drug-likeness (QED) is 0.509. The van der Waals surface area contributed by atoms with Crippen LogP contribution >= 0.6 is 0 Å². The first-order valence-electron chi connectivity index (χ1n) is 11.4. The van der Waals surface area contributed by atoms with Gasteiger partial charge in [-0.15, -0.1) is 0 Å². The second-order valence-electron chi connectivity index (χ2n) is 8.66. The lowest BCUT2D eigenvalue weighted by Crippen LogP contribution is -2.30. The molecular weight excluding hydrogens is 423 g/mol. The SMILES string of the molecule is Cc1nc2ccccc2nc1-c1cc2nc(N3CC[C@@H](F)C3)nc(NC3CCOCC3)n2n1. The van der Waals surface area contributed by atoms with Gasteiger partial charge in [0, 0.05) is 31.9 Å². The molecule has 6 rings (SSSR count). The molecule has 0 spiro atoms. The predicted molar refractivity (Wildman–Crippen MR) is 123 cm³/mol. The molecule has 2 saturated heterocycles. The van der Waals surface area contributed by atoms with Gasteiger partial charge in [-0.25, -0.2) is 14.4 Å². The van der Waals surface area contributed by atoms with Crippen LogP contribution in [0.1, 0.15) is 25.0 Å². The highest BCUT2D eigenvalue weighted by atomic mass is 19.1. The molecule has 1 atom stereocenters. The fraction of sp³-hybridized carbons (Fsp3) is 0.435. The normalized spacial score (nSPS) is 19.6. The molecule has 33 heavy (non-hydrogen) atoms. The molecule has 0 bridgehead atoms. The maximum atomic E-state index is 13.9. The molecule has 2 aliphatic heterocycles. The smallest absolute Gasteiger partial charge is 0.230 e. The van der Waals surface area contributed by atoms with Crippen molar-refractivity contribution in [2.24, 2.45) is 0 Å². The number of benzene rings is 1. The van der Waals surface area contributed by atoms with Gasteiger partial charge in [0.25, 0.3) is 0 Å². The van der Waals surface area contributed by atoms with E-state index >= 15 is 0 Å². The van der Waals surface area contributed by atoms with Crippen molar-refractivity contribution in [1.29, 1.82) is 0 Å². The van der Waals surface area contributed by atoms with Crippen molar-refractivity contribution in [2.75, 3.05) is 36.5 Å².